The van der Waals surface area contributed by atoms with Crippen LogP contribution >= 0.6 is 12.2 Å². The van der Waals surface area contributed by atoms with Gasteiger partial charge in [0.15, 0.2) is 5.11 Å². The van der Waals surface area contributed by atoms with E-state index < -0.39 is 0 Å². The van der Waals surface area contributed by atoms with Gasteiger partial charge in [-0.2, -0.15) is 5.10 Å². The van der Waals surface area contributed by atoms with E-state index in [0.29, 0.717) is 22.4 Å². The van der Waals surface area contributed by atoms with Crippen molar-refractivity contribution < 1.29 is 4.39 Å². The standard InChI is InChI=1S/C17H21FN4S/c1-12-7-8-13(11-15(12)18)20-17(23)21-16-9-10-19-22(16)14-5-3-2-4-6-14/h7-11,14H,2-6H2,1H3,(H2,20,21,23). The van der Waals surface area contributed by atoms with Crippen LogP contribution in [-0.2, 0) is 0 Å². The Morgan fingerprint density at radius 1 is 1.22 bits per heavy atom. The fourth-order valence-corrected chi connectivity index (χ4v) is 3.20. The van der Waals surface area contributed by atoms with Crippen LogP contribution in [0.5, 0.6) is 0 Å². The SMILES string of the molecule is Cc1ccc(NC(=S)Nc2ccnn2C2CCCCC2)cc1F. The maximum Gasteiger partial charge on any atom is 0.176 e. The number of benzene rings is 1. The molecule has 1 aromatic carbocycles. The van der Waals surface area contributed by atoms with Crippen molar-refractivity contribution in [2.24, 2.45) is 0 Å². The molecule has 0 aliphatic heterocycles. The largest absolute Gasteiger partial charge is 0.332 e. The first-order valence-corrected chi connectivity index (χ1v) is 8.42. The van der Waals surface area contributed by atoms with E-state index in [9.17, 15) is 4.39 Å². The Bertz CT molecular complexity index is 692. The van der Waals surface area contributed by atoms with Gasteiger partial charge in [-0.25, -0.2) is 9.07 Å². The first kappa shape index (κ1) is 15.9. The molecule has 0 spiro atoms. The highest BCUT2D eigenvalue weighted by atomic mass is 32.1. The zero-order chi connectivity index (χ0) is 16.2. The van der Waals surface area contributed by atoms with Crippen LogP contribution in [0.4, 0.5) is 15.9 Å². The molecular formula is C17H21FN4S. The summed E-state index contributed by atoms with van der Waals surface area (Å²) in [6, 6.07) is 7.33. The van der Waals surface area contributed by atoms with Crippen molar-refractivity contribution in [3.8, 4) is 0 Å². The molecule has 2 aromatic rings. The molecule has 6 heteroatoms. The molecule has 0 unspecified atom stereocenters. The minimum atomic E-state index is -0.245. The number of thiocarbonyl (C=S) groups is 1. The molecule has 3 rings (SSSR count). The summed E-state index contributed by atoms with van der Waals surface area (Å²) in [5.74, 6) is 0.632. The van der Waals surface area contributed by atoms with E-state index in [1.165, 1.54) is 25.3 Å². The first-order chi connectivity index (χ1) is 11.1. The third-order valence-electron chi connectivity index (χ3n) is 4.26. The van der Waals surface area contributed by atoms with Crippen molar-refractivity contribution in [3.63, 3.8) is 0 Å². The Morgan fingerprint density at radius 3 is 2.74 bits per heavy atom. The molecule has 1 aliphatic carbocycles. The second-order valence-corrected chi connectivity index (χ2v) is 6.40. The number of nitrogens with zero attached hydrogens (tertiary/aromatic N) is 2. The number of aryl methyl sites for hydroxylation is 1. The summed E-state index contributed by atoms with van der Waals surface area (Å²) in [6.45, 7) is 1.73. The van der Waals surface area contributed by atoms with Gasteiger partial charge in [-0.1, -0.05) is 25.3 Å². The number of rotatable bonds is 3. The van der Waals surface area contributed by atoms with Gasteiger partial charge < -0.3 is 10.6 Å². The van der Waals surface area contributed by atoms with Gasteiger partial charge in [0, 0.05) is 11.8 Å². The molecule has 0 amide bonds. The number of nitrogens with one attached hydrogen (secondary N) is 2. The van der Waals surface area contributed by atoms with E-state index in [0.717, 1.165) is 18.7 Å². The summed E-state index contributed by atoms with van der Waals surface area (Å²) >= 11 is 5.34. The summed E-state index contributed by atoms with van der Waals surface area (Å²) in [5, 5.41) is 11.1. The van der Waals surface area contributed by atoms with E-state index in [1.54, 1.807) is 19.2 Å². The maximum atomic E-state index is 13.6. The van der Waals surface area contributed by atoms with Gasteiger partial charge in [0.2, 0.25) is 0 Å². The van der Waals surface area contributed by atoms with Crippen LogP contribution in [-0.4, -0.2) is 14.9 Å². The lowest BCUT2D eigenvalue weighted by Gasteiger charge is -2.24. The van der Waals surface area contributed by atoms with Crippen molar-refractivity contribution in [2.45, 2.75) is 45.1 Å². The minimum absolute atomic E-state index is 0.245. The molecule has 1 aliphatic rings. The van der Waals surface area contributed by atoms with Crippen LogP contribution in [0.2, 0.25) is 0 Å². The van der Waals surface area contributed by atoms with Gasteiger partial charge in [0.05, 0.1) is 12.2 Å². The first-order valence-electron chi connectivity index (χ1n) is 8.01. The second-order valence-electron chi connectivity index (χ2n) is 6.00. The van der Waals surface area contributed by atoms with Gasteiger partial charge in [-0.15, -0.1) is 0 Å². The van der Waals surface area contributed by atoms with E-state index in [2.05, 4.69) is 15.7 Å². The molecule has 1 aromatic heterocycles. The Kier molecular flexibility index (Phi) is 4.91. The van der Waals surface area contributed by atoms with E-state index in [4.69, 9.17) is 12.2 Å². The number of hydrogen-bond acceptors (Lipinski definition) is 2. The van der Waals surface area contributed by atoms with Crippen molar-refractivity contribution in [2.75, 3.05) is 10.6 Å². The lowest BCUT2D eigenvalue weighted by Crippen LogP contribution is -2.23. The van der Waals surface area contributed by atoms with Crippen molar-refractivity contribution in [1.82, 2.24) is 9.78 Å². The van der Waals surface area contributed by atoms with Gasteiger partial charge in [-0.3, -0.25) is 0 Å². The number of halogens is 1. The van der Waals surface area contributed by atoms with Crippen LogP contribution in [0.1, 0.15) is 43.7 Å². The summed E-state index contributed by atoms with van der Waals surface area (Å²) in [5.41, 5.74) is 1.25. The fourth-order valence-electron chi connectivity index (χ4n) is 2.98. The molecule has 23 heavy (non-hydrogen) atoms. The normalized spacial score (nSPS) is 15.4. The van der Waals surface area contributed by atoms with Crippen LogP contribution in [0.25, 0.3) is 0 Å². The van der Waals surface area contributed by atoms with Gasteiger partial charge in [-0.05, 0) is 49.7 Å². The number of anilines is 2. The molecule has 1 saturated carbocycles. The zero-order valence-electron chi connectivity index (χ0n) is 13.2. The second kappa shape index (κ2) is 7.08. The lowest BCUT2D eigenvalue weighted by atomic mass is 9.96. The topological polar surface area (TPSA) is 41.9 Å². The maximum absolute atomic E-state index is 13.6. The molecule has 122 valence electrons. The molecule has 0 bridgehead atoms. The van der Waals surface area contributed by atoms with E-state index in [1.807, 2.05) is 16.8 Å². The Balaban J connectivity index is 1.66. The van der Waals surface area contributed by atoms with Crippen molar-refractivity contribution in [1.29, 1.82) is 0 Å². The number of aromatic nitrogens is 2. The Labute approximate surface area is 141 Å². The average Bonchev–Trinajstić information content (AvgIpc) is 3.00. The van der Waals surface area contributed by atoms with Crippen LogP contribution in [0.15, 0.2) is 30.5 Å². The molecule has 4 nitrogen and oxygen atoms in total. The molecule has 1 heterocycles. The van der Waals surface area contributed by atoms with Crippen molar-refractivity contribution >= 4 is 28.8 Å². The summed E-state index contributed by atoms with van der Waals surface area (Å²) < 4.78 is 15.6. The molecular weight excluding hydrogens is 311 g/mol. The molecule has 0 saturated heterocycles. The minimum Gasteiger partial charge on any atom is -0.332 e. The predicted octanol–water partition coefficient (Wildman–Crippen LogP) is 4.64. The van der Waals surface area contributed by atoms with Gasteiger partial charge in [0.25, 0.3) is 0 Å². The third-order valence-corrected chi connectivity index (χ3v) is 4.47. The van der Waals surface area contributed by atoms with E-state index in [-0.39, 0.29) is 5.82 Å². The van der Waals surface area contributed by atoms with Gasteiger partial charge >= 0.3 is 0 Å². The predicted molar refractivity (Wildman–Crippen MR) is 95.3 cm³/mol. The Hall–Kier alpha value is -1.95. The van der Waals surface area contributed by atoms with E-state index >= 15 is 0 Å². The fraction of sp³-hybridized carbons (Fsp3) is 0.412. The average molecular weight is 332 g/mol. The van der Waals surface area contributed by atoms with Crippen LogP contribution in [0, 0.1) is 12.7 Å². The van der Waals surface area contributed by atoms with Gasteiger partial charge in [0.1, 0.15) is 11.6 Å². The Morgan fingerprint density at radius 2 is 2.00 bits per heavy atom. The van der Waals surface area contributed by atoms with Crippen LogP contribution < -0.4 is 10.6 Å². The monoisotopic (exact) mass is 332 g/mol. The summed E-state index contributed by atoms with van der Waals surface area (Å²) in [4.78, 5) is 0. The lowest BCUT2D eigenvalue weighted by molar-refractivity contribution is 0.333. The molecule has 1 fully saturated rings. The highest BCUT2D eigenvalue weighted by Crippen LogP contribution is 2.29. The quantitative estimate of drug-likeness (QED) is 0.803. The molecule has 2 N–H and O–H groups in total. The summed E-state index contributed by atoms with van der Waals surface area (Å²) in [6.07, 6.45) is 7.88. The van der Waals surface area contributed by atoms with Crippen molar-refractivity contribution in [3.05, 3.63) is 41.8 Å². The smallest absolute Gasteiger partial charge is 0.176 e. The van der Waals surface area contributed by atoms with Crippen LogP contribution in [0.3, 0.4) is 0 Å². The molecule has 0 radical (unpaired) electrons. The molecule has 0 atom stereocenters. The third kappa shape index (κ3) is 3.88. The highest BCUT2D eigenvalue weighted by molar-refractivity contribution is 7.80. The zero-order valence-corrected chi connectivity index (χ0v) is 14.0. The number of hydrogen-bond donors (Lipinski definition) is 2. The summed E-state index contributed by atoms with van der Waals surface area (Å²) in [7, 11) is 0. The highest BCUT2D eigenvalue weighted by Gasteiger charge is 2.18.